The van der Waals surface area contributed by atoms with Crippen molar-refractivity contribution in [2.45, 2.75) is 45.1 Å². The molecule has 2 fully saturated rings. The van der Waals surface area contributed by atoms with E-state index >= 15 is 0 Å². The summed E-state index contributed by atoms with van der Waals surface area (Å²) < 4.78 is 12.2. The molecular weight excluding hydrogens is 474 g/mol. The minimum absolute atomic E-state index is 0.331. The maximum Gasteiger partial charge on any atom is 0.228 e. The van der Waals surface area contributed by atoms with Crippen molar-refractivity contribution in [1.29, 1.82) is 0 Å². The number of fused-ring (bicyclic) bond motifs is 1. The van der Waals surface area contributed by atoms with Gasteiger partial charge in [0, 0.05) is 43.6 Å². The zero-order valence-electron chi connectivity index (χ0n) is 22.0. The number of pyridine rings is 1. The lowest BCUT2D eigenvalue weighted by atomic mass is 9.94. The lowest BCUT2D eigenvalue weighted by Crippen LogP contribution is -2.38. The van der Waals surface area contributed by atoms with Crippen LogP contribution in [-0.4, -0.2) is 47.3 Å². The Hall–Kier alpha value is -3.55. The van der Waals surface area contributed by atoms with Crippen LogP contribution >= 0.6 is 0 Å². The van der Waals surface area contributed by atoms with Crippen LogP contribution in [0, 0.1) is 12.8 Å². The van der Waals surface area contributed by atoms with Gasteiger partial charge in [-0.3, -0.25) is 0 Å². The third kappa shape index (κ3) is 5.49. The molecule has 196 valence electrons. The number of piperidine rings is 1. The van der Waals surface area contributed by atoms with Crippen LogP contribution in [0.2, 0.25) is 0 Å². The average molecular weight is 510 g/mol. The molecule has 7 heteroatoms. The predicted octanol–water partition coefficient (Wildman–Crippen LogP) is 5.93. The molecule has 0 radical (unpaired) electrons. The topological polar surface area (TPSA) is 81.2 Å². The quantitative estimate of drug-likeness (QED) is 0.305. The SMILES string of the molecule is Cc1ccc2c(CC[C@@H]3CCOC3)cccc2c1Oc1ncccc1-c1ccnc(N[C@H]2CCCNC2)n1. The van der Waals surface area contributed by atoms with Crippen LogP contribution in [0.4, 0.5) is 5.95 Å². The van der Waals surface area contributed by atoms with Crippen molar-refractivity contribution in [2.24, 2.45) is 5.92 Å². The summed E-state index contributed by atoms with van der Waals surface area (Å²) >= 11 is 0. The van der Waals surface area contributed by atoms with Gasteiger partial charge >= 0.3 is 0 Å². The number of hydrogen-bond donors (Lipinski definition) is 2. The molecule has 2 aliphatic heterocycles. The Morgan fingerprint density at radius 3 is 2.87 bits per heavy atom. The zero-order chi connectivity index (χ0) is 25.7. The van der Waals surface area contributed by atoms with E-state index in [2.05, 4.69) is 57.9 Å². The number of rotatable bonds is 8. The van der Waals surface area contributed by atoms with Gasteiger partial charge in [-0.15, -0.1) is 0 Å². The highest BCUT2D eigenvalue weighted by molar-refractivity contribution is 5.92. The second-order valence-electron chi connectivity index (χ2n) is 10.4. The summed E-state index contributed by atoms with van der Waals surface area (Å²) in [6.45, 7) is 5.86. The highest BCUT2D eigenvalue weighted by Gasteiger charge is 2.19. The fourth-order valence-electron chi connectivity index (χ4n) is 5.53. The molecule has 38 heavy (non-hydrogen) atoms. The molecule has 0 spiro atoms. The van der Waals surface area contributed by atoms with Crippen LogP contribution in [0.25, 0.3) is 22.0 Å². The normalized spacial score (nSPS) is 19.5. The summed E-state index contributed by atoms with van der Waals surface area (Å²) in [5.74, 6) is 2.67. The fourth-order valence-corrected chi connectivity index (χ4v) is 5.53. The fraction of sp³-hybridized carbons (Fsp3) is 0.387. The van der Waals surface area contributed by atoms with E-state index < -0.39 is 0 Å². The average Bonchev–Trinajstić information content (AvgIpc) is 3.48. The number of aryl methyl sites for hydroxylation is 2. The number of nitrogens with zero attached hydrogens (tertiary/aromatic N) is 3. The van der Waals surface area contributed by atoms with E-state index in [-0.39, 0.29) is 0 Å². The second kappa shape index (κ2) is 11.5. The molecule has 0 saturated carbocycles. The van der Waals surface area contributed by atoms with Crippen molar-refractivity contribution >= 4 is 16.7 Å². The highest BCUT2D eigenvalue weighted by atomic mass is 16.5. The molecule has 0 amide bonds. The molecule has 6 rings (SSSR count). The molecule has 2 aliphatic rings. The van der Waals surface area contributed by atoms with Crippen LogP contribution in [0.1, 0.15) is 36.8 Å². The van der Waals surface area contributed by atoms with Crippen LogP contribution < -0.4 is 15.4 Å². The first-order valence-electron chi connectivity index (χ1n) is 13.8. The van der Waals surface area contributed by atoms with E-state index in [0.29, 0.717) is 23.8 Å². The van der Waals surface area contributed by atoms with E-state index in [0.717, 1.165) is 79.9 Å². The number of hydrogen-bond acceptors (Lipinski definition) is 7. The Morgan fingerprint density at radius 1 is 1.03 bits per heavy atom. The van der Waals surface area contributed by atoms with Gasteiger partial charge in [0.2, 0.25) is 11.8 Å². The number of aromatic nitrogens is 3. The zero-order valence-corrected chi connectivity index (χ0v) is 22.0. The molecule has 2 aromatic heterocycles. The van der Waals surface area contributed by atoms with Gasteiger partial charge < -0.3 is 20.1 Å². The third-order valence-corrected chi connectivity index (χ3v) is 7.68. The molecule has 0 bridgehead atoms. The van der Waals surface area contributed by atoms with E-state index in [9.17, 15) is 0 Å². The van der Waals surface area contributed by atoms with Gasteiger partial charge in [0.15, 0.2) is 0 Å². The van der Waals surface area contributed by atoms with Crippen LogP contribution in [-0.2, 0) is 11.2 Å². The molecule has 0 unspecified atom stereocenters. The number of nitrogens with one attached hydrogen (secondary N) is 2. The van der Waals surface area contributed by atoms with Crippen molar-refractivity contribution in [3.8, 4) is 22.9 Å². The van der Waals surface area contributed by atoms with E-state index in [1.54, 1.807) is 12.4 Å². The Balaban J connectivity index is 1.29. The van der Waals surface area contributed by atoms with Crippen LogP contribution in [0.5, 0.6) is 11.6 Å². The Bertz CT molecular complexity index is 1400. The van der Waals surface area contributed by atoms with Crippen molar-refractivity contribution in [2.75, 3.05) is 31.6 Å². The molecule has 7 nitrogen and oxygen atoms in total. The molecule has 2 N–H and O–H groups in total. The minimum Gasteiger partial charge on any atom is -0.437 e. The summed E-state index contributed by atoms with van der Waals surface area (Å²) in [6, 6.07) is 17.1. The minimum atomic E-state index is 0.331. The number of ether oxygens (including phenoxy) is 2. The summed E-state index contributed by atoms with van der Waals surface area (Å²) in [5, 5.41) is 9.25. The smallest absolute Gasteiger partial charge is 0.228 e. The third-order valence-electron chi connectivity index (χ3n) is 7.68. The maximum atomic E-state index is 6.61. The van der Waals surface area contributed by atoms with E-state index in [1.807, 2.05) is 18.2 Å². The van der Waals surface area contributed by atoms with E-state index in [1.165, 1.54) is 17.4 Å². The number of anilines is 1. The van der Waals surface area contributed by atoms with Crippen LogP contribution in [0.3, 0.4) is 0 Å². The lowest BCUT2D eigenvalue weighted by molar-refractivity contribution is 0.184. The Kier molecular flexibility index (Phi) is 7.47. The van der Waals surface area contributed by atoms with Gasteiger partial charge in [-0.25, -0.2) is 15.0 Å². The van der Waals surface area contributed by atoms with Crippen molar-refractivity contribution in [3.63, 3.8) is 0 Å². The first-order chi connectivity index (χ1) is 18.7. The second-order valence-corrected chi connectivity index (χ2v) is 10.4. The largest absolute Gasteiger partial charge is 0.437 e. The van der Waals surface area contributed by atoms with Gasteiger partial charge in [0.25, 0.3) is 0 Å². The summed E-state index contributed by atoms with van der Waals surface area (Å²) in [4.78, 5) is 13.9. The van der Waals surface area contributed by atoms with Gasteiger partial charge in [-0.1, -0.05) is 30.3 Å². The summed E-state index contributed by atoms with van der Waals surface area (Å²) in [5.41, 5.74) is 4.05. The first-order valence-corrected chi connectivity index (χ1v) is 13.8. The molecular formula is C31H35N5O2. The Morgan fingerprint density at radius 2 is 2.00 bits per heavy atom. The molecule has 4 heterocycles. The van der Waals surface area contributed by atoms with E-state index in [4.69, 9.17) is 14.5 Å². The Labute approximate surface area is 224 Å². The number of benzene rings is 2. The van der Waals surface area contributed by atoms with Crippen molar-refractivity contribution in [1.82, 2.24) is 20.3 Å². The van der Waals surface area contributed by atoms with Gasteiger partial charge in [-0.2, -0.15) is 0 Å². The van der Waals surface area contributed by atoms with Gasteiger partial charge in [-0.05, 0) is 86.2 Å². The van der Waals surface area contributed by atoms with Crippen molar-refractivity contribution in [3.05, 3.63) is 72.1 Å². The molecule has 4 aromatic rings. The maximum absolute atomic E-state index is 6.61. The van der Waals surface area contributed by atoms with Gasteiger partial charge in [0.1, 0.15) is 5.75 Å². The van der Waals surface area contributed by atoms with Gasteiger partial charge in [0.05, 0.1) is 11.3 Å². The lowest BCUT2D eigenvalue weighted by Gasteiger charge is -2.23. The summed E-state index contributed by atoms with van der Waals surface area (Å²) in [7, 11) is 0. The molecule has 0 aliphatic carbocycles. The molecule has 2 aromatic carbocycles. The summed E-state index contributed by atoms with van der Waals surface area (Å²) in [6.07, 6.45) is 9.17. The van der Waals surface area contributed by atoms with Crippen LogP contribution in [0.15, 0.2) is 60.9 Å². The highest BCUT2D eigenvalue weighted by Crippen LogP contribution is 2.38. The predicted molar refractivity (Wildman–Crippen MR) is 151 cm³/mol. The van der Waals surface area contributed by atoms with Crippen molar-refractivity contribution < 1.29 is 9.47 Å². The molecule has 2 saturated heterocycles. The monoisotopic (exact) mass is 509 g/mol. The first kappa shape index (κ1) is 24.8. The standard InChI is InChI=1S/C31H35N5O2/c1-21-9-12-25-23(11-10-22-14-18-37-20-22)5-2-7-26(25)29(21)38-30-27(8-4-16-33-30)28-13-17-34-31(36-28)35-24-6-3-15-32-19-24/h2,4-5,7-9,12-13,16-17,22,24,32H,3,6,10-11,14-15,18-20H2,1H3,(H,34,35,36)/t22-,24+/m1/s1. The molecule has 2 atom stereocenters.